The van der Waals surface area contributed by atoms with Crippen molar-refractivity contribution in [1.82, 2.24) is 0 Å². The maximum Gasteiger partial charge on any atom is 0.538 e. The lowest BCUT2D eigenvalue weighted by Gasteiger charge is -2.09. The number of hydrogen-bond acceptors (Lipinski definition) is 4. The number of alkyl halides is 6. The second kappa shape index (κ2) is 3.90. The van der Waals surface area contributed by atoms with Crippen molar-refractivity contribution in [3.63, 3.8) is 0 Å². The van der Waals surface area contributed by atoms with E-state index in [1.165, 1.54) is 0 Å². The third-order valence-electron chi connectivity index (χ3n) is 0.563. The molecular formula is C3H2F6O4S. The third kappa shape index (κ3) is 8.07. The fraction of sp³-hybridized carbons (Fsp3) is 1.00. The molecule has 0 N–H and O–H groups in total. The van der Waals surface area contributed by atoms with Crippen molar-refractivity contribution in [3.8, 4) is 0 Å². The van der Waals surface area contributed by atoms with Crippen LogP contribution in [0.5, 0.6) is 0 Å². The summed E-state index contributed by atoms with van der Waals surface area (Å²) >= 11 is 0. The van der Waals surface area contributed by atoms with E-state index >= 15 is 0 Å². The van der Waals surface area contributed by atoms with Crippen molar-refractivity contribution in [2.75, 3.05) is 6.61 Å². The summed E-state index contributed by atoms with van der Waals surface area (Å²) in [6, 6.07) is 0. The maximum atomic E-state index is 11.3. The Labute approximate surface area is 73.7 Å². The molecule has 0 aromatic rings. The van der Waals surface area contributed by atoms with Crippen molar-refractivity contribution in [1.29, 1.82) is 0 Å². The van der Waals surface area contributed by atoms with Crippen LogP contribution in [0.3, 0.4) is 0 Å². The maximum absolute atomic E-state index is 11.3. The van der Waals surface area contributed by atoms with Crippen LogP contribution >= 0.6 is 0 Å². The molecule has 0 aliphatic carbocycles. The molecule has 0 aliphatic heterocycles. The van der Waals surface area contributed by atoms with Gasteiger partial charge in [0, 0.05) is 0 Å². The lowest BCUT2D eigenvalue weighted by atomic mass is 10.7. The Balaban J connectivity index is 4.25. The number of rotatable bonds is 3. The van der Waals surface area contributed by atoms with Gasteiger partial charge in [0.05, 0.1) is 0 Å². The molecule has 0 aromatic carbocycles. The summed E-state index contributed by atoms with van der Waals surface area (Å²) in [7, 11) is -5.72. The van der Waals surface area contributed by atoms with Crippen molar-refractivity contribution in [2.45, 2.75) is 12.5 Å². The Morgan fingerprint density at radius 3 is 1.71 bits per heavy atom. The van der Waals surface area contributed by atoms with Crippen molar-refractivity contribution in [2.24, 2.45) is 0 Å². The summed E-state index contributed by atoms with van der Waals surface area (Å²) in [5, 5.41) is 0. The Bertz CT molecular complexity index is 274. The normalized spacial score (nSPS) is 14.4. The summed E-state index contributed by atoms with van der Waals surface area (Å²) in [5.41, 5.74) is 0. The van der Waals surface area contributed by atoms with Crippen molar-refractivity contribution in [3.05, 3.63) is 0 Å². The topological polar surface area (TPSA) is 52.6 Å². The molecule has 0 spiro atoms. The van der Waals surface area contributed by atoms with Gasteiger partial charge in [-0.1, -0.05) is 0 Å². The van der Waals surface area contributed by atoms with Crippen LogP contribution in [0, 0.1) is 0 Å². The fourth-order valence-electron chi connectivity index (χ4n) is 0.279. The fourth-order valence-corrected chi connectivity index (χ4v) is 0.836. The highest BCUT2D eigenvalue weighted by atomic mass is 32.3. The van der Waals surface area contributed by atoms with Gasteiger partial charge in [-0.25, -0.2) is 4.18 Å². The van der Waals surface area contributed by atoms with Crippen molar-refractivity contribution >= 4 is 10.4 Å². The van der Waals surface area contributed by atoms with Crippen LogP contribution in [0.1, 0.15) is 0 Å². The van der Waals surface area contributed by atoms with E-state index in [2.05, 4.69) is 8.37 Å². The lowest BCUT2D eigenvalue weighted by molar-refractivity contribution is -0.277. The van der Waals surface area contributed by atoms with E-state index < -0.39 is 29.5 Å². The van der Waals surface area contributed by atoms with Gasteiger partial charge in [0.25, 0.3) is 0 Å². The van der Waals surface area contributed by atoms with Crippen LogP contribution in [-0.2, 0) is 18.8 Å². The average Bonchev–Trinajstić information content (AvgIpc) is 1.76. The predicted molar refractivity (Wildman–Crippen MR) is 28.1 cm³/mol. The predicted octanol–water partition coefficient (Wildman–Crippen LogP) is 1.35. The minimum Gasteiger partial charge on any atom is -0.238 e. The SMILES string of the molecule is O=S(=O)(OCC(F)(F)F)OC(F)(F)F. The standard InChI is InChI=1S/C3H2F6O4S/c4-2(5,6)1-12-14(10,11)13-3(7,8)9/h1H2. The molecule has 0 saturated heterocycles. The molecule has 86 valence electrons. The van der Waals surface area contributed by atoms with Gasteiger partial charge in [-0.2, -0.15) is 21.6 Å². The monoisotopic (exact) mass is 248 g/mol. The van der Waals surface area contributed by atoms with Gasteiger partial charge in [-0.3, -0.25) is 0 Å². The number of hydrogen-bond donors (Lipinski definition) is 0. The third-order valence-corrected chi connectivity index (χ3v) is 1.36. The van der Waals surface area contributed by atoms with Gasteiger partial charge in [0.2, 0.25) is 0 Å². The Hall–Kier alpha value is -0.550. The summed E-state index contributed by atoms with van der Waals surface area (Å²) in [4.78, 5) is 0. The van der Waals surface area contributed by atoms with Gasteiger partial charge in [-0.05, 0) is 0 Å². The van der Waals surface area contributed by atoms with Gasteiger partial charge >= 0.3 is 22.9 Å². The number of halogens is 6. The first kappa shape index (κ1) is 13.4. The molecule has 0 radical (unpaired) electrons. The average molecular weight is 248 g/mol. The van der Waals surface area contributed by atoms with Crippen LogP contribution < -0.4 is 0 Å². The second-order valence-electron chi connectivity index (χ2n) is 1.81. The van der Waals surface area contributed by atoms with E-state index in [4.69, 9.17) is 0 Å². The smallest absolute Gasteiger partial charge is 0.238 e. The Morgan fingerprint density at radius 1 is 1.00 bits per heavy atom. The van der Waals surface area contributed by atoms with E-state index in [1.807, 2.05) is 0 Å². The van der Waals surface area contributed by atoms with Crippen LogP contribution in [0.25, 0.3) is 0 Å². The molecule has 14 heavy (non-hydrogen) atoms. The van der Waals surface area contributed by atoms with Crippen LogP contribution in [-0.4, -0.2) is 27.6 Å². The molecule has 0 aromatic heterocycles. The molecule has 0 atom stereocenters. The van der Waals surface area contributed by atoms with E-state index in [9.17, 15) is 34.8 Å². The zero-order valence-corrected chi connectivity index (χ0v) is 6.83. The minimum atomic E-state index is -5.72. The first-order valence-corrected chi connectivity index (χ1v) is 3.98. The van der Waals surface area contributed by atoms with E-state index in [-0.39, 0.29) is 0 Å². The van der Waals surface area contributed by atoms with E-state index in [0.29, 0.717) is 0 Å². The molecule has 0 unspecified atom stereocenters. The molecular weight excluding hydrogens is 246 g/mol. The van der Waals surface area contributed by atoms with E-state index in [0.717, 1.165) is 0 Å². The zero-order valence-electron chi connectivity index (χ0n) is 6.02. The minimum absolute atomic E-state index is 2.27. The van der Waals surface area contributed by atoms with E-state index in [1.54, 1.807) is 0 Å². The van der Waals surface area contributed by atoms with Crippen LogP contribution in [0.4, 0.5) is 26.3 Å². The van der Waals surface area contributed by atoms with Gasteiger partial charge in [0.15, 0.2) is 6.61 Å². The molecule has 0 bridgehead atoms. The Morgan fingerprint density at radius 2 is 1.43 bits per heavy atom. The first-order valence-electron chi connectivity index (χ1n) is 2.65. The molecule has 11 heteroatoms. The lowest BCUT2D eigenvalue weighted by Crippen LogP contribution is -2.26. The highest BCUT2D eigenvalue weighted by Crippen LogP contribution is 2.22. The van der Waals surface area contributed by atoms with Gasteiger partial charge in [-0.15, -0.1) is 17.4 Å². The van der Waals surface area contributed by atoms with Crippen LogP contribution in [0.2, 0.25) is 0 Å². The first-order chi connectivity index (χ1) is 5.91. The molecule has 0 fully saturated rings. The summed E-state index contributed by atoms with van der Waals surface area (Å²) in [6.45, 7) is -2.38. The van der Waals surface area contributed by atoms with Crippen molar-refractivity contribution < 1.29 is 43.1 Å². The highest BCUT2D eigenvalue weighted by molar-refractivity contribution is 7.81. The molecule has 0 amide bonds. The highest BCUT2D eigenvalue weighted by Gasteiger charge is 2.40. The summed E-state index contributed by atoms with van der Waals surface area (Å²) < 4.78 is 92.7. The zero-order chi connectivity index (χ0) is 11.6. The Kier molecular flexibility index (Phi) is 3.75. The summed E-state index contributed by atoms with van der Waals surface area (Å²) in [5.74, 6) is 0. The molecule has 0 rings (SSSR count). The van der Waals surface area contributed by atoms with Gasteiger partial charge < -0.3 is 0 Å². The van der Waals surface area contributed by atoms with Crippen LogP contribution in [0.15, 0.2) is 0 Å². The summed E-state index contributed by atoms with van der Waals surface area (Å²) in [6.07, 6.45) is -10.7. The molecule has 4 nitrogen and oxygen atoms in total. The van der Waals surface area contributed by atoms with Gasteiger partial charge in [0.1, 0.15) is 0 Å². The molecule has 0 aliphatic rings. The molecule has 0 saturated carbocycles. The second-order valence-corrected chi connectivity index (χ2v) is 3.03. The largest absolute Gasteiger partial charge is 0.538 e. The molecule has 0 heterocycles. The quantitative estimate of drug-likeness (QED) is 0.707.